The van der Waals surface area contributed by atoms with E-state index in [1.807, 2.05) is 24.3 Å². The van der Waals surface area contributed by atoms with E-state index >= 15 is 0 Å². The zero-order valence-electron chi connectivity index (χ0n) is 11.4. The fourth-order valence-corrected chi connectivity index (χ4v) is 2.71. The second kappa shape index (κ2) is 6.57. The minimum atomic E-state index is -0.298. The van der Waals surface area contributed by atoms with Gasteiger partial charge in [0.2, 0.25) is 5.91 Å². The van der Waals surface area contributed by atoms with Crippen molar-refractivity contribution >= 4 is 11.6 Å². The van der Waals surface area contributed by atoms with Gasteiger partial charge >= 0.3 is 0 Å². The van der Waals surface area contributed by atoms with Crippen LogP contribution in [0.4, 0.5) is 5.69 Å². The van der Waals surface area contributed by atoms with Crippen molar-refractivity contribution in [1.29, 1.82) is 0 Å². The minimum absolute atomic E-state index is 0.281. The number of nitrogens with one attached hydrogen (secondary N) is 1. The Morgan fingerprint density at radius 2 is 2.21 bits per heavy atom. The van der Waals surface area contributed by atoms with Gasteiger partial charge in [-0.2, -0.15) is 0 Å². The maximum Gasteiger partial charge on any atom is 0.221 e. The summed E-state index contributed by atoms with van der Waals surface area (Å²) in [6.07, 6.45) is 5.09. The van der Waals surface area contributed by atoms with Crippen LogP contribution in [0, 0.1) is 0 Å². The van der Waals surface area contributed by atoms with Crippen LogP contribution in [-0.4, -0.2) is 25.2 Å². The smallest absolute Gasteiger partial charge is 0.221 e. The van der Waals surface area contributed by atoms with Crippen molar-refractivity contribution in [2.75, 3.05) is 12.4 Å². The lowest BCUT2D eigenvalue weighted by Gasteiger charge is -2.30. The number of primary amides is 1. The molecular weight excluding hydrogens is 240 g/mol. The van der Waals surface area contributed by atoms with Gasteiger partial charge < -0.3 is 15.8 Å². The van der Waals surface area contributed by atoms with Gasteiger partial charge in [0, 0.05) is 18.8 Å². The highest BCUT2D eigenvalue weighted by molar-refractivity contribution is 5.78. The van der Waals surface area contributed by atoms with Crippen LogP contribution in [0.15, 0.2) is 24.3 Å². The Hall–Kier alpha value is -1.55. The molecule has 1 aliphatic rings. The minimum Gasteiger partial charge on any atom is -0.382 e. The molecule has 1 saturated carbocycles. The van der Waals surface area contributed by atoms with Gasteiger partial charge in [-0.3, -0.25) is 4.79 Å². The molecule has 0 aromatic heterocycles. The first kappa shape index (κ1) is 13.9. The number of carbonyl (C=O) groups excluding carboxylic acids is 1. The zero-order valence-corrected chi connectivity index (χ0v) is 11.4. The number of rotatable bonds is 5. The Morgan fingerprint density at radius 1 is 1.42 bits per heavy atom. The second-order valence-electron chi connectivity index (χ2n) is 5.17. The molecule has 0 heterocycles. The van der Waals surface area contributed by atoms with Crippen molar-refractivity contribution in [2.24, 2.45) is 5.73 Å². The molecule has 1 amide bonds. The van der Waals surface area contributed by atoms with Crippen molar-refractivity contribution in [1.82, 2.24) is 0 Å². The molecule has 0 aliphatic heterocycles. The highest BCUT2D eigenvalue weighted by Gasteiger charge is 2.22. The van der Waals surface area contributed by atoms with Crippen molar-refractivity contribution in [3.05, 3.63) is 29.8 Å². The fourth-order valence-electron chi connectivity index (χ4n) is 2.71. The molecule has 19 heavy (non-hydrogen) atoms. The number of ether oxygens (including phenoxy) is 1. The topological polar surface area (TPSA) is 64.3 Å². The summed E-state index contributed by atoms with van der Waals surface area (Å²) in [5.74, 6) is -0.298. The molecule has 104 valence electrons. The van der Waals surface area contributed by atoms with Crippen LogP contribution in [0.5, 0.6) is 0 Å². The van der Waals surface area contributed by atoms with Gasteiger partial charge in [-0.15, -0.1) is 0 Å². The van der Waals surface area contributed by atoms with Gasteiger partial charge in [-0.05, 0) is 37.3 Å². The normalized spacial score (nSPS) is 23.0. The molecule has 1 aromatic carbocycles. The summed E-state index contributed by atoms with van der Waals surface area (Å²) in [7, 11) is 1.77. The van der Waals surface area contributed by atoms with E-state index in [4.69, 9.17) is 10.5 Å². The lowest BCUT2D eigenvalue weighted by Crippen LogP contribution is -2.31. The molecule has 4 nitrogen and oxygen atoms in total. The average Bonchev–Trinajstić information content (AvgIpc) is 2.41. The number of anilines is 1. The first-order chi connectivity index (χ1) is 9.19. The lowest BCUT2D eigenvalue weighted by atomic mass is 9.92. The molecule has 0 spiro atoms. The van der Waals surface area contributed by atoms with Crippen molar-refractivity contribution in [3.63, 3.8) is 0 Å². The van der Waals surface area contributed by atoms with Crippen molar-refractivity contribution in [2.45, 2.75) is 44.2 Å². The van der Waals surface area contributed by atoms with E-state index in [1.54, 1.807) is 7.11 Å². The Morgan fingerprint density at radius 3 is 2.95 bits per heavy atom. The first-order valence-electron chi connectivity index (χ1n) is 6.84. The number of methoxy groups -OCH3 is 1. The van der Waals surface area contributed by atoms with Crippen LogP contribution in [0.1, 0.15) is 31.2 Å². The Balaban J connectivity index is 2.03. The van der Waals surface area contributed by atoms with Gasteiger partial charge in [-0.25, -0.2) is 0 Å². The molecule has 0 bridgehead atoms. The molecule has 2 unspecified atom stereocenters. The highest BCUT2D eigenvalue weighted by atomic mass is 16.5. The molecule has 1 fully saturated rings. The van der Waals surface area contributed by atoms with E-state index in [1.165, 1.54) is 6.42 Å². The summed E-state index contributed by atoms with van der Waals surface area (Å²) >= 11 is 0. The van der Waals surface area contributed by atoms with Crippen molar-refractivity contribution in [3.8, 4) is 0 Å². The second-order valence-corrected chi connectivity index (χ2v) is 5.17. The molecule has 1 aliphatic carbocycles. The number of benzene rings is 1. The highest BCUT2D eigenvalue weighted by Crippen LogP contribution is 2.25. The van der Waals surface area contributed by atoms with Crippen LogP contribution in [0.3, 0.4) is 0 Å². The maximum absolute atomic E-state index is 11.1. The van der Waals surface area contributed by atoms with Crippen LogP contribution in [0.2, 0.25) is 0 Å². The van der Waals surface area contributed by atoms with E-state index in [0.29, 0.717) is 12.1 Å². The summed E-state index contributed by atoms with van der Waals surface area (Å²) in [5, 5.41) is 3.53. The molecule has 0 radical (unpaired) electrons. The number of para-hydroxylation sites is 1. The average molecular weight is 262 g/mol. The third-order valence-electron chi connectivity index (χ3n) is 3.70. The van der Waals surface area contributed by atoms with Gasteiger partial charge in [0.15, 0.2) is 0 Å². The summed E-state index contributed by atoms with van der Waals surface area (Å²) in [6, 6.07) is 8.28. The number of hydrogen-bond acceptors (Lipinski definition) is 3. The number of hydrogen-bond donors (Lipinski definition) is 2. The summed E-state index contributed by atoms with van der Waals surface area (Å²) in [5.41, 5.74) is 7.27. The van der Waals surface area contributed by atoms with Crippen molar-refractivity contribution < 1.29 is 9.53 Å². The van der Waals surface area contributed by atoms with Crippen LogP contribution in [0.25, 0.3) is 0 Å². The molecule has 3 N–H and O–H groups in total. The molecular formula is C15H22N2O2. The zero-order chi connectivity index (χ0) is 13.7. The summed E-state index contributed by atoms with van der Waals surface area (Å²) < 4.78 is 5.44. The maximum atomic E-state index is 11.1. The fraction of sp³-hybridized carbons (Fsp3) is 0.533. The van der Waals surface area contributed by atoms with Gasteiger partial charge in [0.05, 0.1) is 12.5 Å². The summed E-state index contributed by atoms with van der Waals surface area (Å²) in [4.78, 5) is 11.1. The SMILES string of the molecule is COC1CCCC(Nc2ccccc2CC(N)=O)C1. The van der Waals surface area contributed by atoms with Gasteiger partial charge in [0.25, 0.3) is 0 Å². The van der Waals surface area contributed by atoms with Crippen LogP contribution >= 0.6 is 0 Å². The predicted octanol–water partition coefficient (Wildman–Crippen LogP) is 2.08. The Labute approximate surface area is 114 Å². The molecule has 4 heteroatoms. The lowest BCUT2D eigenvalue weighted by molar-refractivity contribution is -0.117. The molecule has 1 aromatic rings. The number of carbonyl (C=O) groups is 1. The largest absolute Gasteiger partial charge is 0.382 e. The Kier molecular flexibility index (Phi) is 4.80. The van der Waals surface area contributed by atoms with E-state index in [-0.39, 0.29) is 12.3 Å². The quantitative estimate of drug-likeness (QED) is 0.854. The van der Waals surface area contributed by atoms with E-state index < -0.39 is 0 Å². The molecule has 0 saturated heterocycles. The summed E-state index contributed by atoms with van der Waals surface area (Å²) in [6.45, 7) is 0. The number of amides is 1. The number of nitrogens with two attached hydrogens (primary N) is 1. The third-order valence-corrected chi connectivity index (χ3v) is 3.70. The Bertz CT molecular complexity index is 434. The van der Waals surface area contributed by atoms with Crippen LogP contribution in [-0.2, 0) is 16.0 Å². The monoisotopic (exact) mass is 262 g/mol. The standard InChI is InChI=1S/C15H22N2O2/c1-19-13-7-4-6-12(10-13)17-14-8-3-2-5-11(14)9-15(16)18/h2-3,5,8,12-13,17H,4,6-7,9-10H2,1H3,(H2,16,18). The molecule has 2 atom stereocenters. The van der Waals surface area contributed by atoms with Crippen LogP contribution < -0.4 is 11.1 Å². The molecule has 2 rings (SSSR count). The van der Waals surface area contributed by atoms with Gasteiger partial charge in [-0.1, -0.05) is 18.2 Å². The van der Waals surface area contributed by atoms with E-state index in [2.05, 4.69) is 5.32 Å². The van der Waals surface area contributed by atoms with E-state index in [0.717, 1.165) is 30.5 Å². The first-order valence-corrected chi connectivity index (χ1v) is 6.84. The third kappa shape index (κ3) is 3.96. The predicted molar refractivity (Wildman–Crippen MR) is 76.0 cm³/mol. The van der Waals surface area contributed by atoms with E-state index in [9.17, 15) is 4.79 Å². The van der Waals surface area contributed by atoms with Gasteiger partial charge in [0.1, 0.15) is 0 Å².